The maximum atomic E-state index is 13.1. The van der Waals surface area contributed by atoms with Gasteiger partial charge in [-0.15, -0.1) is 0 Å². The number of rotatable bonds is 7. The molecule has 2 aromatic rings. The zero-order valence-electron chi connectivity index (χ0n) is 14.9. The molecule has 9 heteroatoms. The normalized spacial score (nSPS) is 11.0. The summed E-state index contributed by atoms with van der Waals surface area (Å²) >= 11 is 0. The lowest BCUT2D eigenvalue weighted by atomic mass is 10.1. The second kappa shape index (κ2) is 9.20. The number of nitrogens with zero attached hydrogens (tertiary/aromatic N) is 1. The average molecular weight is 398 g/mol. The van der Waals surface area contributed by atoms with Crippen LogP contribution in [-0.2, 0) is 15.8 Å². The highest BCUT2D eigenvalue weighted by molar-refractivity contribution is 5.95. The minimum absolute atomic E-state index is 0.139. The molecule has 28 heavy (non-hydrogen) atoms. The summed E-state index contributed by atoms with van der Waals surface area (Å²) < 4.78 is 57.2. The number of carbonyl (C=O) groups excluding carboxylic acids is 2. The van der Waals surface area contributed by atoms with Crippen molar-refractivity contribution >= 4 is 17.5 Å². The van der Waals surface area contributed by atoms with Crippen LogP contribution in [0.3, 0.4) is 0 Å². The number of alkyl halides is 3. The molecule has 0 aliphatic carbocycles. The van der Waals surface area contributed by atoms with Gasteiger partial charge in [0.1, 0.15) is 11.6 Å². The Morgan fingerprint density at radius 1 is 1.11 bits per heavy atom. The van der Waals surface area contributed by atoms with E-state index >= 15 is 0 Å². The van der Waals surface area contributed by atoms with Gasteiger partial charge in [-0.1, -0.05) is 18.2 Å². The van der Waals surface area contributed by atoms with E-state index in [4.69, 9.17) is 4.74 Å². The first-order chi connectivity index (χ1) is 13.2. The van der Waals surface area contributed by atoms with Crippen LogP contribution >= 0.6 is 0 Å². The number of hydrogen-bond donors (Lipinski definition) is 1. The van der Waals surface area contributed by atoms with E-state index in [0.717, 1.165) is 23.1 Å². The number of halogens is 4. The van der Waals surface area contributed by atoms with E-state index < -0.39 is 42.5 Å². The van der Waals surface area contributed by atoms with Gasteiger partial charge < -0.3 is 15.0 Å². The van der Waals surface area contributed by atoms with E-state index in [1.54, 1.807) is 6.92 Å². The van der Waals surface area contributed by atoms with Gasteiger partial charge >= 0.3 is 6.18 Å². The summed E-state index contributed by atoms with van der Waals surface area (Å²) in [4.78, 5) is 25.4. The van der Waals surface area contributed by atoms with Crippen molar-refractivity contribution in [3.63, 3.8) is 0 Å². The molecule has 0 heterocycles. The average Bonchev–Trinajstić information content (AvgIpc) is 2.64. The summed E-state index contributed by atoms with van der Waals surface area (Å²) in [6.45, 7) is 0.856. The number of likely N-dealkylation sites (N-methyl/N-ethyl adjacent to an activating group) is 1. The van der Waals surface area contributed by atoms with Crippen LogP contribution in [0.15, 0.2) is 48.5 Å². The van der Waals surface area contributed by atoms with Crippen LogP contribution in [0, 0.1) is 5.82 Å². The summed E-state index contributed by atoms with van der Waals surface area (Å²) in [7, 11) is 0. The lowest BCUT2D eigenvalue weighted by molar-refractivity contribution is -0.137. The number of hydrogen-bond acceptors (Lipinski definition) is 3. The Labute approximate surface area is 158 Å². The van der Waals surface area contributed by atoms with Gasteiger partial charge in [0.15, 0.2) is 6.61 Å². The van der Waals surface area contributed by atoms with E-state index in [2.05, 4.69) is 5.32 Å². The van der Waals surface area contributed by atoms with Crippen molar-refractivity contribution in [3.05, 3.63) is 59.9 Å². The van der Waals surface area contributed by atoms with E-state index in [1.807, 2.05) is 0 Å². The molecule has 0 radical (unpaired) electrons. The molecule has 0 bridgehead atoms. The van der Waals surface area contributed by atoms with Crippen LogP contribution in [0.1, 0.15) is 12.5 Å². The Balaban J connectivity index is 1.97. The first kappa shape index (κ1) is 21.2. The quantitative estimate of drug-likeness (QED) is 0.724. The molecule has 1 N–H and O–H groups in total. The third kappa shape index (κ3) is 5.97. The van der Waals surface area contributed by atoms with E-state index in [0.29, 0.717) is 0 Å². The maximum absolute atomic E-state index is 13.1. The van der Waals surface area contributed by atoms with E-state index in [-0.39, 0.29) is 18.0 Å². The molecule has 0 unspecified atom stereocenters. The van der Waals surface area contributed by atoms with Gasteiger partial charge in [0.2, 0.25) is 5.91 Å². The molecule has 2 aromatic carbocycles. The third-order valence-corrected chi connectivity index (χ3v) is 3.73. The number of nitrogens with one attached hydrogen (secondary N) is 1. The van der Waals surface area contributed by atoms with Crippen LogP contribution in [0.25, 0.3) is 0 Å². The van der Waals surface area contributed by atoms with Crippen molar-refractivity contribution in [2.75, 3.05) is 25.0 Å². The van der Waals surface area contributed by atoms with Crippen molar-refractivity contribution in [3.8, 4) is 5.75 Å². The smallest absolute Gasteiger partial charge is 0.418 e. The van der Waals surface area contributed by atoms with Crippen molar-refractivity contribution in [2.24, 2.45) is 0 Å². The predicted octanol–water partition coefficient (Wildman–Crippen LogP) is 3.71. The van der Waals surface area contributed by atoms with Crippen molar-refractivity contribution < 1.29 is 31.9 Å². The number of carbonyl (C=O) groups is 2. The summed E-state index contributed by atoms with van der Waals surface area (Å²) in [5.41, 5.74) is -1.37. The maximum Gasteiger partial charge on any atom is 0.418 e. The van der Waals surface area contributed by atoms with Gasteiger partial charge in [-0.05, 0) is 31.2 Å². The zero-order valence-corrected chi connectivity index (χ0v) is 14.9. The van der Waals surface area contributed by atoms with Gasteiger partial charge in [-0.3, -0.25) is 9.59 Å². The van der Waals surface area contributed by atoms with Crippen LogP contribution in [-0.4, -0.2) is 36.4 Å². The molecule has 0 saturated heterocycles. The van der Waals surface area contributed by atoms with Gasteiger partial charge in [0.05, 0.1) is 17.8 Å². The topological polar surface area (TPSA) is 58.6 Å². The highest BCUT2D eigenvalue weighted by Gasteiger charge is 2.33. The molecule has 150 valence electrons. The summed E-state index contributed by atoms with van der Waals surface area (Å²) in [5.74, 6) is -1.73. The Hall–Kier alpha value is -3.10. The Kier molecular flexibility index (Phi) is 6.97. The summed E-state index contributed by atoms with van der Waals surface area (Å²) in [6.07, 6.45) is -4.62. The van der Waals surface area contributed by atoms with Crippen LogP contribution < -0.4 is 10.1 Å². The zero-order chi connectivity index (χ0) is 20.7. The second-order valence-electron chi connectivity index (χ2n) is 5.75. The SMILES string of the molecule is CCN(CC(=O)Nc1ccccc1C(F)(F)F)C(=O)COc1cccc(F)c1. The fourth-order valence-electron chi connectivity index (χ4n) is 2.37. The fourth-order valence-corrected chi connectivity index (χ4v) is 2.37. The predicted molar refractivity (Wildman–Crippen MR) is 94.2 cm³/mol. The first-order valence-electron chi connectivity index (χ1n) is 8.33. The molecule has 0 fully saturated rings. The second-order valence-corrected chi connectivity index (χ2v) is 5.75. The molecular weight excluding hydrogens is 380 g/mol. The number of ether oxygens (including phenoxy) is 1. The van der Waals surface area contributed by atoms with E-state index in [1.165, 1.54) is 30.3 Å². The number of benzene rings is 2. The molecule has 5 nitrogen and oxygen atoms in total. The third-order valence-electron chi connectivity index (χ3n) is 3.73. The highest BCUT2D eigenvalue weighted by Crippen LogP contribution is 2.34. The van der Waals surface area contributed by atoms with Crippen molar-refractivity contribution in [2.45, 2.75) is 13.1 Å². The van der Waals surface area contributed by atoms with Crippen LogP contribution in [0.4, 0.5) is 23.2 Å². The van der Waals surface area contributed by atoms with Crippen molar-refractivity contribution in [1.82, 2.24) is 4.90 Å². The lowest BCUT2D eigenvalue weighted by Gasteiger charge is -2.21. The molecule has 0 aliphatic rings. The Bertz CT molecular complexity index is 840. The molecular formula is C19H18F4N2O3. The highest BCUT2D eigenvalue weighted by atomic mass is 19.4. The van der Waals surface area contributed by atoms with Gasteiger partial charge in [-0.2, -0.15) is 13.2 Å². The standard InChI is InChI=1S/C19H18F4N2O3/c1-2-25(18(27)12-28-14-7-5-6-13(20)10-14)11-17(26)24-16-9-4-3-8-15(16)19(21,22)23/h3-10H,2,11-12H2,1H3,(H,24,26). The molecule has 2 amide bonds. The van der Waals surface area contributed by atoms with Crippen LogP contribution in [0.2, 0.25) is 0 Å². The molecule has 0 aliphatic heterocycles. The summed E-state index contributed by atoms with van der Waals surface area (Å²) in [5, 5.41) is 2.17. The van der Waals surface area contributed by atoms with Gasteiger partial charge in [-0.25, -0.2) is 4.39 Å². The Morgan fingerprint density at radius 2 is 1.82 bits per heavy atom. The molecule has 0 aromatic heterocycles. The lowest BCUT2D eigenvalue weighted by Crippen LogP contribution is -2.40. The molecule has 0 spiro atoms. The fraction of sp³-hybridized carbons (Fsp3) is 0.263. The largest absolute Gasteiger partial charge is 0.484 e. The molecule has 2 rings (SSSR count). The monoisotopic (exact) mass is 398 g/mol. The summed E-state index contributed by atoms with van der Waals surface area (Å²) in [6, 6.07) is 9.76. The van der Waals surface area contributed by atoms with Gasteiger partial charge in [0, 0.05) is 12.6 Å². The number of amides is 2. The van der Waals surface area contributed by atoms with Gasteiger partial charge in [0.25, 0.3) is 5.91 Å². The Morgan fingerprint density at radius 3 is 2.46 bits per heavy atom. The molecule has 0 atom stereocenters. The van der Waals surface area contributed by atoms with E-state index in [9.17, 15) is 27.2 Å². The van der Waals surface area contributed by atoms with Crippen molar-refractivity contribution in [1.29, 1.82) is 0 Å². The number of para-hydroxylation sites is 1. The van der Waals surface area contributed by atoms with Crippen LogP contribution in [0.5, 0.6) is 5.75 Å². The number of anilines is 1. The first-order valence-corrected chi connectivity index (χ1v) is 8.33. The molecule has 0 saturated carbocycles. The minimum Gasteiger partial charge on any atom is -0.484 e. The minimum atomic E-state index is -4.62.